The van der Waals surface area contributed by atoms with Crippen molar-refractivity contribution in [2.75, 3.05) is 5.01 Å². The molecule has 4 heteroatoms. The lowest BCUT2D eigenvalue weighted by Gasteiger charge is -2.25. The Morgan fingerprint density at radius 1 is 0.950 bits per heavy atom. The van der Waals surface area contributed by atoms with Crippen LogP contribution in [0.2, 0.25) is 0 Å². The van der Waals surface area contributed by atoms with Crippen molar-refractivity contribution in [2.24, 2.45) is 0 Å². The summed E-state index contributed by atoms with van der Waals surface area (Å²) in [6.45, 7) is 3.63. The molecule has 0 spiro atoms. The molecule has 0 aliphatic carbocycles. The summed E-state index contributed by atoms with van der Waals surface area (Å²) in [4.78, 5) is 11.8. The van der Waals surface area contributed by atoms with Gasteiger partial charge in [-0.15, -0.1) is 0 Å². The van der Waals surface area contributed by atoms with Crippen LogP contribution in [0.3, 0.4) is 0 Å². The van der Waals surface area contributed by atoms with Crippen LogP contribution < -0.4 is 10.4 Å². The molecule has 0 fully saturated rings. The van der Waals surface area contributed by atoms with Crippen LogP contribution in [0.1, 0.15) is 13.8 Å². The van der Waals surface area contributed by atoms with E-state index >= 15 is 0 Å². The number of hydrogen-bond acceptors (Lipinski definition) is 3. The molecule has 0 aliphatic rings. The van der Waals surface area contributed by atoms with Gasteiger partial charge in [-0.3, -0.25) is 5.01 Å². The zero-order valence-electron chi connectivity index (χ0n) is 11.6. The SMILES string of the molecule is CC(C)OC(=O)NN(c1ccccc1)c1ccccc1. The summed E-state index contributed by atoms with van der Waals surface area (Å²) in [5.41, 5.74) is 4.47. The number of rotatable bonds is 4. The smallest absolute Gasteiger partial charge is 0.426 e. The molecule has 0 saturated carbocycles. The maximum Gasteiger partial charge on any atom is 0.426 e. The monoisotopic (exact) mass is 270 g/mol. The van der Waals surface area contributed by atoms with E-state index < -0.39 is 6.09 Å². The third kappa shape index (κ3) is 3.75. The van der Waals surface area contributed by atoms with Crippen molar-refractivity contribution in [1.82, 2.24) is 5.43 Å². The average Bonchev–Trinajstić information content (AvgIpc) is 2.46. The normalized spacial score (nSPS) is 10.2. The van der Waals surface area contributed by atoms with Crippen molar-refractivity contribution in [3.8, 4) is 0 Å². The molecule has 1 N–H and O–H groups in total. The summed E-state index contributed by atoms with van der Waals surface area (Å²) in [5.74, 6) is 0. The van der Waals surface area contributed by atoms with Gasteiger partial charge in [-0.1, -0.05) is 36.4 Å². The van der Waals surface area contributed by atoms with Crippen molar-refractivity contribution in [2.45, 2.75) is 20.0 Å². The molecular weight excluding hydrogens is 252 g/mol. The van der Waals surface area contributed by atoms with Gasteiger partial charge in [0.2, 0.25) is 0 Å². The highest BCUT2D eigenvalue weighted by Crippen LogP contribution is 2.22. The summed E-state index contributed by atoms with van der Waals surface area (Å²) in [5, 5.41) is 1.70. The molecule has 0 heterocycles. The van der Waals surface area contributed by atoms with Gasteiger partial charge in [0.05, 0.1) is 17.5 Å². The van der Waals surface area contributed by atoms with Gasteiger partial charge >= 0.3 is 6.09 Å². The van der Waals surface area contributed by atoms with E-state index in [4.69, 9.17) is 4.74 Å². The predicted octanol–water partition coefficient (Wildman–Crippen LogP) is 3.87. The third-order valence-electron chi connectivity index (χ3n) is 2.57. The van der Waals surface area contributed by atoms with Crippen molar-refractivity contribution in [3.05, 3.63) is 60.7 Å². The number of para-hydroxylation sites is 2. The molecule has 0 atom stereocenters. The molecule has 20 heavy (non-hydrogen) atoms. The fourth-order valence-electron chi connectivity index (χ4n) is 1.76. The van der Waals surface area contributed by atoms with Crippen molar-refractivity contribution < 1.29 is 9.53 Å². The topological polar surface area (TPSA) is 41.6 Å². The molecule has 2 aromatic carbocycles. The predicted molar refractivity (Wildman–Crippen MR) is 79.8 cm³/mol. The second kappa shape index (κ2) is 6.61. The molecule has 0 saturated heterocycles. The molecule has 4 nitrogen and oxygen atoms in total. The molecule has 0 aromatic heterocycles. The largest absolute Gasteiger partial charge is 0.446 e. The Labute approximate surface area is 119 Å². The summed E-state index contributed by atoms with van der Waals surface area (Å²) in [7, 11) is 0. The fraction of sp³-hybridized carbons (Fsp3) is 0.188. The van der Waals surface area contributed by atoms with Gasteiger partial charge in [0.15, 0.2) is 0 Å². The second-order valence-electron chi connectivity index (χ2n) is 4.57. The second-order valence-corrected chi connectivity index (χ2v) is 4.57. The number of ether oxygens (including phenoxy) is 1. The molecule has 2 aromatic rings. The van der Waals surface area contributed by atoms with Gasteiger partial charge in [-0.05, 0) is 38.1 Å². The Kier molecular flexibility index (Phi) is 4.60. The van der Waals surface area contributed by atoms with E-state index in [1.54, 1.807) is 5.01 Å². The number of benzene rings is 2. The Morgan fingerprint density at radius 2 is 1.40 bits per heavy atom. The molecule has 104 valence electrons. The summed E-state index contributed by atoms with van der Waals surface area (Å²) in [6, 6.07) is 19.2. The van der Waals surface area contributed by atoms with E-state index in [0.29, 0.717) is 0 Å². The lowest BCUT2D eigenvalue weighted by Crippen LogP contribution is -2.40. The number of carbonyl (C=O) groups excluding carboxylic acids is 1. The van der Waals surface area contributed by atoms with Crippen LogP contribution in [0.15, 0.2) is 60.7 Å². The van der Waals surface area contributed by atoms with Crippen LogP contribution in [0, 0.1) is 0 Å². The highest BCUT2D eigenvalue weighted by molar-refractivity contribution is 5.74. The van der Waals surface area contributed by atoms with Crippen molar-refractivity contribution >= 4 is 17.5 Å². The van der Waals surface area contributed by atoms with Crippen LogP contribution in [-0.4, -0.2) is 12.2 Å². The first-order valence-corrected chi connectivity index (χ1v) is 6.54. The van der Waals surface area contributed by atoms with E-state index in [1.807, 2.05) is 74.5 Å². The number of carbonyl (C=O) groups is 1. The maximum absolute atomic E-state index is 11.8. The summed E-state index contributed by atoms with van der Waals surface area (Å²) >= 11 is 0. The Bertz CT molecular complexity index is 501. The first-order chi connectivity index (χ1) is 9.66. The first-order valence-electron chi connectivity index (χ1n) is 6.54. The molecule has 1 amide bonds. The number of hydrazine groups is 1. The van der Waals surface area contributed by atoms with Crippen LogP contribution in [0.25, 0.3) is 0 Å². The average molecular weight is 270 g/mol. The number of nitrogens with one attached hydrogen (secondary N) is 1. The zero-order valence-corrected chi connectivity index (χ0v) is 11.6. The minimum Gasteiger partial charge on any atom is -0.446 e. The van der Waals surface area contributed by atoms with E-state index in [1.165, 1.54) is 0 Å². The van der Waals surface area contributed by atoms with Crippen molar-refractivity contribution in [1.29, 1.82) is 0 Å². The first kappa shape index (κ1) is 13.9. The van der Waals surface area contributed by atoms with Gasteiger partial charge in [-0.2, -0.15) is 0 Å². The molecular formula is C16H18N2O2. The number of anilines is 2. The van der Waals surface area contributed by atoms with Crippen LogP contribution in [0.5, 0.6) is 0 Å². The molecule has 0 aliphatic heterocycles. The molecule has 0 unspecified atom stereocenters. The van der Waals surface area contributed by atoms with Gasteiger partial charge in [0.25, 0.3) is 0 Å². The third-order valence-corrected chi connectivity index (χ3v) is 2.57. The molecule has 0 bridgehead atoms. The zero-order chi connectivity index (χ0) is 14.4. The van der Waals surface area contributed by atoms with E-state index in [9.17, 15) is 4.79 Å². The minimum absolute atomic E-state index is 0.164. The highest BCUT2D eigenvalue weighted by Gasteiger charge is 2.13. The molecule has 0 radical (unpaired) electrons. The summed E-state index contributed by atoms with van der Waals surface area (Å²) in [6.07, 6.45) is -0.642. The number of nitrogens with zero attached hydrogens (tertiary/aromatic N) is 1. The van der Waals surface area contributed by atoms with E-state index in [0.717, 1.165) is 11.4 Å². The number of amides is 1. The van der Waals surface area contributed by atoms with Gasteiger partial charge < -0.3 is 4.74 Å². The Morgan fingerprint density at radius 3 is 1.80 bits per heavy atom. The quantitative estimate of drug-likeness (QED) is 0.857. The highest BCUT2D eigenvalue weighted by atomic mass is 16.6. The standard InChI is InChI=1S/C16H18N2O2/c1-13(2)20-16(19)17-18(14-9-5-3-6-10-14)15-11-7-4-8-12-15/h3-13H,1-2H3,(H,17,19). The van der Waals surface area contributed by atoms with Gasteiger partial charge in [0, 0.05) is 0 Å². The van der Waals surface area contributed by atoms with E-state index in [-0.39, 0.29) is 6.10 Å². The number of hydrogen-bond donors (Lipinski definition) is 1. The fourth-order valence-corrected chi connectivity index (χ4v) is 1.76. The van der Waals surface area contributed by atoms with Crippen molar-refractivity contribution in [3.63, 3.8) is 0 Å². The van der Waals surface area contributed by atoms with Crippen LogP contribution in [-0.2, 0) is 4.74 Å². The summed E-state index contributed by atoms with van der Waals surface area (Å²) < 4.78 is 5.13. The Hall–Kier alpha value is -2.49. The Balaban J connectivity index is 2.24. The van der Waals surface area contributed by atoms with Crippen LogP contribution >= 0.6 is 0 Å². The molecule has 2 rings (SSSR count). The maximum atomic E-state index is 11.8. The van der Waals surface area contributed by atoms with E-state index in [2.05, 4.69) is 5.43 Å². The van der Waals surface area contributed by atoms with Gasteiger partial charge in [0.1, 0.15) is 0 Å². The van der Waals surface area contributed by atoms with Crippen LogP contribution in [0.4, 0.5) is 16.2 Å². The minimum atomic E-state index is -0.479. The van der Waals surface area contributed by atoms with Gasteiger partial charge in [-0.25, -0.2) is 10.2 Å². The lowest BCUT2D eigenvalue weighted by atomic mass is 10.2. The lowest BCUT2D eigenvalue weighted by molar-refractivity contribution is 0.115.